The van der Waals surface area contributed by atoms with Crippen LogP contribution in [0.4, 0.5) is 14.5 Å². The molecular weight excluding hydrogens is 538 g/mol. The van der Waals surface area contributed by atoms with E-state index in [4.69, 9.17) is 9.47 Å². The Bertz CT molecular complexity index is 1650. The van der Waals surface area contributed by atoms with Gasteiger partial charge in [-0.25, -0.2) is 13.8 Å². The van der Waals surface area contributed by atoms with Gasteiger partial charge in [0.05, 0.1) is 41.6 Å². The third kappa shape index (κ3) is 4.71. The molecule has 0 saturated heterocycles. The number of halogens is 2. The van der Waals surface area contributed by atoms with Crippen LogP contribution >= 0.6 is 11.3 Å². The predicted molar refractivity (Wildman–Crippen MR) is 147 cm³/mol. The van der Waals surface area contributed by atoms with Gasteiger partial charge in [0.25, 0.3) is 5.91 Å². The maximum absolute atomic E-state index is 15.0. The molecule has 4 aromatic rings. The van der Waals surface area contributed by atoms with E-state index in [0.29, 0.717) is 40.4 Å². The Morgan fingerprint density at radius 1 is 1.07 bits per heavy atom. The summed E-state index contributed by atoms with van der Waals surface area (Å²) in [6.07, 6.45) is 0. The largest absolute Gasteiger partial charge is 0.503 e. The zero-order chi connectivity index (χ0) is 28.6. The van der Waals surface area contributed by atoms with Crippen LogP contribution in [0.3, 0.4) is 0 Å². The number of methoxy groups -OCH3 is 1. The summed E-state index contributed by atoms with van der Waals surface area (Å²) >= 11 is 1.12. The number of thiazole rings is 1. The van der Waals surface area contributed by atoms with E-state index in [2.05, 4.69) is 4.98 Å². The fourth-order valence-corrected chi connectivity index (χ4v) is 5.67. The lowest BCUT2D eigenvalue weighted by atomic mass is 9.94. The van der Waals surface area contributed by atoms with Gasteiger partial charge in [-0.3, -0.25) is 14.5 Å². The molecule has 204 valence electrons. The lowest BCUT2D eigenvalue weighted by Crippen LogP contribution is -2.32. The molecule has 0 saturated carbocycles. The number of hydrogen-bond acceptors (Lipinski definition) is 7. The van der Waals surface area contributed by atoms with E-state index < -0.39 is 35.1 Å². The number of aromatic nitrogens is 1. The van der Waals surface area contributed by atoms with Gasteiger partial charge in [0.15, 0.2) is 17.3 Å². The van der Waals surface area contributed by atoms with Crippen LogP contribution in [0.1, 0.15) is 33.9 Å². The van der Waals surface area contributed by atoms with Gasteiger partial charge in [0.1, 0.15) is 16.6 Å². The van der Waals surface area contributed by atoms with E-state index >= 15 is 4.39 Å². The molecule has 0 spiro atoms. The lowest BCUT2D eigenvalue weighted by Gasteiger charge is -2.27. The molecule has 1 atom stereocenters. The van der Waals surface area contributed by atoms with Gasteiger partial charge in [0.2, 0.25) is 5.78 Å². The summed E-state index contributed by atoms with van der Waals surface area (Å²) in [6.45, 7) is 3.75. The van der Waals surface area contributed by atoms with E-state index in [1.807, 2.05) is 30.3 Å². The molecule has 40 heavy (non-hydrogen) atoms. The minimum Gasteiger partial charge on any atom is -0.503 e. The molecular formula is C30H24F2N2O5S. The predicted octanol–water partition coefficient (Wildman–Crippen LogP) is 6.59. The van der Waals surface area contributed by atoms with Crippen LogP contribution in [0.5, 0.6) is 11.5 Å². The minimum atomic E-state index is -1.26. The second kappa shape index (κ2) is 10.9. The highest BCUT2D eigenvalue weighted by atomic mass is 32.1. The highest BCUT2D eigenvalue weighted by Gasteiger charge is 2.46. The Hall–Kier alpha value is -4.57. The lowest BCUT2D eigenvalue weighted by molar-refractivity contribution is -0.117. The number of carbonyl (C=O) groups excluding carboxylic acids is 2. The van der Waals surface area contributed by atoms with Crippen LogP contribution < -0.4 is 14.4 Å². The molecule has 0 fully saturated rings. The highest BCUT2D eigenvalue weighted by molar-refractivity contribution is 7.17. The third-order valence-corrected chi connectivity index (χ3v) is 7.65. The Labute approximate surface area is 232 Å². The average molecular weight is 563 g/mol. The van der Waals surface area contributed by atoms with Crippen LogP contribution in [-0.4, -0.2) is 35.5 Å². The number of ketones is 1. The van der Waals surface area contributed by atoms with Crippen LogP contribution in [0.25, 0.3) is 10.6 Å². The number of amides is 1. The summed E-state index contributed by atoms with van der Waals surface area (Å²) < 4.78 is 39.9. The molecule has 1 unspecified atom stereocenters. The van der Waals surface area contributed by atoms with Crippen molar-refractivity contribution >= 4 is 28.7 Å². The Kier molecular flexibility index (Phi) is 7.36. The Morgan fingerprint density at radius 2 is 1.82 bits per heavy atom. The van der Waals surface area contributed by atoms with Crippen molar-refractivity contribution in [2.24, 2.45) is 0 Å². The molecule has 7 nitrogen and oxygen atoms in total. The first kappa shape index (κ1) is 27.0. The zero-order valence-corrected chi connectivity index (χ0v) is 22.6. The molecule has 0 radical (unpaired) electrons. The molecule has 3 aromatic carbocycles. The molecule has 5 rings (SSSR count). The van der Waals surface area contributed by atoms with Crippen molar-refractivity contribution in [2.75, 3.05) is 18.6 Å². The quantitative estimate of drug-likeness (QED) is 0.244. The first-order valence-electron chi connectivity index (χ1n) is 12.3. The summed E-state index contributed by atoms with van der Waals surface area (Å²) in [5.41, 5.74) is 1.01. The van der Waals surface area contributed by atoms with Crippen molar-refractivity contribution in [1.29, 1.82) is 0 Å². The summed E-state index contributed by atoms with van der Waals surface area (Å²) in [7, 11) is 1.47. The van der Waals surface area contributed by atoms with Crippen molar-refractivity contribution in [1.82, 2.24) is 4.98 Å². The summed E-state index contributed by atoms with van der Waals surface area (Å²) in [5.74, 6) is -3.60. The van der Waals surface area contributed by atoms with Crippen LogP contribution in [0.2, 0.25) is 0 Å². The normalized spacial score (nSPS) is 15.1. The van der Waals surface area contributed by atoms with Crippen molar-refractivity contribution in [2.45, 2.75) is 19.9 Å². The van der Waals surface area contributed by atoms with Gasteiger partial charge >= 0.3 is 0 Å². The number of Topliss-reactive ketones (excluding diaryl/α,β-unsaturated/α-hetero) is 1. The number of hydrogen-bond donors (Lipinski definition) is 1. The van der Waals surface area contributed by atoms with Crippen molar-refractivity contribution in [3.8, 4) is 22.1 Å². The number of ether oxygens (including phenoxy) is 2. The van der Waals surface area contributed by atoms with Crippen LogP contribution in [0.15, 0.2) is 78.1 Å². The first-order chi connectivity index (χ1) is 19.2. The molecule has 1 aliphatic rings. The monoisotopic (exact) mass is 562 g/mol. The number of aliphatic hydroxyl groups excluding tert-OH is 1. The van der Waals surface area contributed by atoms with E-state index in [-0.39, 0.29) is 16.1 Å². The third-order valence-electron chi connectivity index (χ3n) is 6.45. The molecule has 1 amide bonds. The number of aliphatic hydroxyl groups is 1. The van der Waals surface area contributed by atoms with Crippen molar-refractivity contribution in [3.05, 3.63) is 106 Å². The summed E-state index contributed by atoms with van der Waals surface area (Å²) in [5, 5.41) is 11.7. The van der Waals surface area contributed by atoms with Gasteiger partial charge < -0.3 is 14.6 Å². The molecule has 0 aliphatic carbocycles. The van der Waals surface area contributed by atoms with Crippen molar-refractivity contribution < 1.29 is 33.0 Å². The standard InChI is InChI=1S/C30H24F2N2O5S/c1-4-39-23-14-18(10-13-22(23)38-3)25-24(27(36)30(37)34(25)21-12-11-19(31)15-20(21)32)26(35)28-16(2)33-29(40-28)17-8-6-5-7-9-17/h5-15,25,36H,4H2,1-3H3. The molecule has 2 heterocycles. The topological polar surface area (TPSA) is 89.0 Å². The zero-order valence-electron chi connectivity index (χ0n) is 21.8. The van der Waals surface area contributed by atoms with Crippen LogP contribution in [-0.2, 0) is 4.79 Å². The number of benzene rings is 3. The number of carbonyl (C=O) groups is 2. The van der Waals surface area contributed by atoms with E-state index in [1.54, 1.807) is 32.0 Å². The maximum atomic E-state index is 15.0. The van der Waals surface area contributed by atoms with Gasteiger partial charge in [-0.05, 0) is 43.7 Å². The minimum absolute atomic E-state index is 0.221. The first-order valence-corrected chi connectivity index (χ1v) is 13.2. The second-order valence-electron chi connectivity index (χ2n) is 8.91. The van der Waals surface area contributed by atoms with Crippen LogP contribution in [0, 0.1) is 18.6 Å². The maximum Gasteiger partial charge on any atom is 0.294 e. The Balaban J connectivity index is 1.68. The second-order valence-corrected chi connectivity index (χ2v) is 9.91. The fraction of sp³-hybridized carbons (Fsp3) is 0.167. The van der Waals surface area contributed by atoms with E-state index in [9.17, 15) is 19.1 Å². The van der Waals surface area contributed by atoms with E-state index in [1.165, 1.54) is 7.11 Å². The molecule has 10 heteroatoms. The molecule has 1 aromatic heterocycles. The SMILES string of the molecule is CCOc1cc(C2C(C(=O)c3sc(-c4ccccc4)nc3C)=C(O)C(=O)N2c2ccc(F)cc2F)ccc1OC. The Morgan fingerprint density at radius 3 is 2.50 bits per heavy atom. The number of aryl methyl sites for hydroxylation is 1. The highest BCUT2D eigenvalue weighted by Crippen LogP contribution is 2.45. The average Bonchev–Trinajstić information content (AvgIpc) is 3.46. The number of rotatable bonds is 8. The van der Waals surface area contributed by atoms with Crippen molar-refractivity contribution in [3.63, 3.8) is 0 Å². The number of nitrogens with zero attached hydrogens (tertiary/aromatic N) is 2. The molecule has 0 bridgehead atoms. The molecule has 1 N–H and O–H groups in total. The van der Waals surface area contributed by atoms with Gasteiger partial charge in [-0.1, -0.05) is 36.4 Å². The van der Waals surface area contributed by atoms with Gasteiger partial charge in [-0.2, -0.15) is 0 Å². The summed E-state index contributed by atoms with van der Waals surface area (Å²) in [6, 6.07) is 15.5. The van der Waals surface area contributed by atoms with Gasteiger partial charge in [-0.15, -0.1) is 11.3 Å². The fourth-order valence-electron chi connectivity index (χ4n) is 4.64. The number of anilines is 1. The summed E-state index contributed by atoms with van der Waals surface area (Å²) in [4.78, 5) is 33.2. The smallest absolute Gasteiger partial charge is 0.294 e. The van der Waals surface area contributed by atoms with E-state index in [0.717, 1.165) is 33.9 Å². The molecule has 1 aliphatic heterocycles. The van der Waals surface area contributed by atoms with Gasteiger partial charge in [0, 0.05) is 11.6 Å².